The maximum absolute atomic E-state index is 12.4. The number of methoxy groups -OCH3 is 1. The number of H-pyrrole nitrogens is 1. The molecule has 4 aromatic carbocycles. The number of aliphatic hydroxyl groups is 1. The topological polar surface area (TPSA) is 126 Å². The van der Waals surface area contributed by atoms with Crippen LogP contribution in [-0.4, -0.2) is 33.1 Å². The SMILES string of the molecule is COc1ccc2ncnc(Nc3cccc(-c4ccc(C(N)=O)c5[nH]c6cc(C(C)(C)O)ccc6c45)c3C)c2c1. The van der Waals surface area contributed by atoms with Crippen LogP contribution in [0, 0.1) is 6.92 Å². The molecule has 0 atom stereocenters. The van der Waals surface area contributed by atoms with E-state index in [9.17, 15) is 9.90 Å². The normalized spacial score (nSPS) is 11.8. The fourth-order valence-corrected chi connectivity index (χ4v) is 5.28. The van der Waals surface area contributed by atoms with Gasteiger partial charge in [0.15, 0.2) is 0 Å². The molecule has 0 aliphatic rings. The summed E-state index contributed by atoms with van der Waals surface area (Å²) in [6.07, 6.45) is 1.54. The Labute approximate surface area is 230 Å². The number of nitrogens with one attached hydrogen (secondary N) is 2. The summed E-state index contributed by atoms with van der Waals surface area (Å²) in [4.78, 5) is 24.7. The molecule has 0 radical (unpaired) electrons. The molecule has 2 heterocycles. The minimum atomic E-state index is -1.01. The fourth-order valence-electron chi connectivity index (χ4n) is 5.28. The van der Waals surface area contributed by atoms with Crippen molar-refractivity contribution in [2.45, 2.75) is 26.4 Å². The van der Waals surface area contributed by atoms with Gasteiger partial charge in [0.25, 0.3) is 5.91 Å². The lowest BCUT2D eigenvalue weighted by atomic mass is 9.92. The first-order valence-corrected chi connectivity index (χ1v) is 12.9. The van der Waals surface area contributed by atoms with Gasteiger partial charge in [-0.05, 0) is 79.4 Å². The summed E-state index contributed by atoms with van der Waals surface area (Å²) in [5.74, 6) is 0.883. The number of ether oxygens (including phenoxy) is 1. The highest BCUT2D eigenvalue weighted by Gasteiger charge is 2.21. The molecule has 0 aliphatic heterocycles. The molecule has 1 amide bonds. The van der Waals surface area contributed by atoms with E-state index in [1.54, 1.807) is 27.0 Å². The molecule has 8 nitrogen and oxygen atoms in total. The molecule has 6 rings (SSSR count). The molecule has 0 saturated carbocycles. The zero-order valence-electron chi connectivity index (χ0n) is 22.7. The molecular weight excluding hydrogens is 502 g/mol. The van der Waals surface area contributed by atoms with Gasteiger partial charge in [-0.15, -0.1) is 0 Å². The molecule has 6 aromatic rings. The van der Waals surface area contributed by atoms with Crippen molar-refractivity contribution in [1.29, 1.82) is 0 Å². The minimum absolute atomic E-state index is 0.410. The Bertz CT molecular complexity index is 1950. The second kappa shape index (κ2) is 9.36. The number of carbonyl (C=O) groups is 1. The number of amides is 1. The second-order valence-corrected chi connectivity index (χ2v) is 10.4. The summed E-state index contributed by atoms with van der Waals surface area (Å²) in [6, 6.07) is 21.3. The number of fused-ring (bicyclic) bond motifs is 4. The van der Waals surface area contributed by atoms with Gasteiger partial charge in [0, 0.05) is 27.4 Å². The number of hydrogen-bond acceptors (Lipinski definition) is 6. The number of nitrogens with zero attached hydrogens (tertiary/aromatic N) is 2. The number of aromatic amines is 1. The van der Waals surface area contributed by atoms with Crippen molar-refractivity contribution in [3.8, 4) is 16.9 Å². The van der Waals surface area contributed by atoms with Gasteiger partial charge < -0.3 is 25.9 Å². The zero-order valence-corrected chi connectivity index (χ0v) is 22.7. The fraction of sp³-hybridized carbons (Fsp3) is 0.156. The average Bonchev–Trinajstić information content (AvgIpc) is 3.32. The Morgan fingerprint density at radius 2 is 1.82 bits per heavy atom. The van der Waals surface area contributed by atoms with E-state index >= 15 is 0 Å². The average molecular weight is 532 g/mol. The number of hydrogen-bond donors (Lipinski definition) is 4. The molecule has 5 N–H and O–H groups in total. The first kappa shape index (κ1) is 25.3. The first-order chi connectivity index (χ1) is 19.2. The van der Waals surface area contributed by atoms with Gasteiger partial charge in [-0.1, -0.05) is 30.3 Å². The lowest BCUT2D eigenvalue weighted by Gasteiger charge is -2.17. The molecule has 2 aromatic heterocycles. The minimum Gasteiger partial charge on any atom is -0.497 e. The molecule has 0 aliphatic carbocycles. The van der Waals surface area contributed by atoms with Gasteiger partial charge in [0.05, 0.1) is 29.3 Å². The number of carbonyl (C=O) groups excluding carboxylic acids is 1. The Morgan fingerprint density at radius 1 is 1.00 bits per heavy atom. The summed E-state index contributed by atoms with van der Waals surface area (Å²) < 4.78 is 5.42. The van der Waals surface area contributed by atoms with Gasteiger partial charge in [0.1, 0.15) is 17.9 Å². The molecule has 0 bridgehead atoms. The standard InChI is InChI=1S/C32H29N5O3/c1-17-20(6-5-7-25(17)37-31-24-15-19(40-4)9-13-26(24)34-16-35-31)21-11-12-23(30(33)38)29-28(21)22-10-8-18(32(2,3)39)14-27(22)36-29/h5-16,36,39H,1-4H3,(H2,33,38)(H,34,35,37). The third-order valence-corrected chi connectivity index (χ3v) is 7.45. The van der Waals surface area contributed by atoms with Crippen LogP contribution in [0.25, 0.3) is 43.8 Å². The van der Waals surface area contributed by atoms with Crippen LogP contribution in [0.5, 0.6) is 5.75 Å². The van der Waals surface area contributed by atoms with Crippen LogP contribution in [0.4, 0.5) is 11.5 Å². The number of nitrogens with two attached hydrogens (primary N) is 1. The molecular formula is C32H29N5O3. The monoisotopic (exact) mass is 531 g/mol. The summed E-state index contributed by atoms with van der Waals surface area (Å²) >= 11 is 0. The van der Waals surface area contributed by atoms with Crippen LogP contribution < -0.4 is 15.8 Å². The Hall–Kier alpha value is -4.95. The highest BCUT2D eigenvalue weighted by atomic mass is 16.5. The van der Waals surface area contributed by atoms with E-state index in [-0.39, 0.29) is 0 Å². The van der Waals surface area contributed by atoms with Gasteiger partial charge in [-0.25, -0.2) is 9.97 Å². The van der Waals surface area contributed by atoms with E-state index < -0.39 is 11.5 Å². The molecule has 0 spiro atoms. The molecule has 0 fully saturated rings. The highest BCUT2D eigenvalue weighted by Crippen LogP contribution is 2.40. The van der Waals surface area contributed by atoms with Crippen molar-refractivity contribution >= 4 is 50.1 Å². The molecule has 40 heavy (non-hydrogen) atoms. The van der Waals surface area contributed by atoms with E-state index in [2.05, 4.69) is 33.3 Å². The number of aromatic nitrogens is 3. The maximum Gasteiger partial charge on any atom is 0.250 e. The van der Waals surface area contributed by atoms with Crippen molar-refractivity contribution < 1.29 is 14.6 Å². The first-order valence-electron chi connectivity index (χ1n) is 12.9. The lowest BCUT2D eigenvalue weighted by Crippen LogP contribution is -2.14. The third kappa shape index (κ3) is 4.19. The Balaban J connectivity index is 1.53. The van der Waals surface area contributed by atoms with Crippen molar-refractivity contribution in [3.05, 3.63) is 89.7 Å². The van der Waals surface area contributed by atoms with Crippen molar-refractivity contribution in [2.75, 3.05) is 12.4 Å². The van der Waals surface area contributed by atoms with Crippen LogP contribution in [0.15, 0.2) is 73.1 Å². The van der Waals surface area contributed by atoms with Crippen molar-refractivity contribution in [1.82, 2.24) is 15.0 Å². The van der Waals surface area contributed by atoms with E-state index in [0.717, 1.165) is 60.9 Å². The Kier molecular flexibility index (Phi) is 5.93. The van der Waals surface area contributed by atoms with Crippen molar-refractivity contribution in [2.24, 2.45) is 5.73 Å². The van der Waals surface area contributed by atoms with Gasteiger partial charge in [0.2, 0.25) is 0 Å². The van der Waals surface area contributed by atoms with E-state index in [1.165, 1.54) is 6.33 Å². The number of benzene rings is 4. The lowest BCUT2D eigenvalue weighted by molar-refractivity contribution is 0.0787. The van der Waals surface area contributed by atoms with Crippen LogP contribution in [0.3, 0.4) is 0 Å². The number of anilines is 2. The summed E-state index contributed by atoms with van der Waals surface area (Å²) in [5, 5.41) is 16.7. The van der Waals surface area contributed by atoms with Gasteiger partial charge >= 0.3 is 0 Å². The number of primary amides is 1. The van der Waals surface area contributed by atoms with E-state index in [0.29, 0.717) is 16.9 Å². The predicted octanol–water partition coefficient (Wildman–Crippen LogP) is 6.32. The third-order valence-electron chi connectivity index (χ3n) is 7.45. The predicted molar refractivity (Wildman–Crippen MR) is 159 cm³/mol. The van der Waals surface area contributed by atoms with E-state index in [4.69, 9.17) is 10.5 Å². The summed E-state index contributed by atoms with van der Waals surface area (Å²) in [5.41, 5.74) is 12.1. The zero-order chi connectivity index (χ0) is 28.2. The molecule has 8 heteroatoms. The second-order valence-electron chi connectivity index (χ2n) is 10.4. The highest BCUT2D eigenvalue weighted by molar-refractivity contribution is 6.20. The van der Waals surface area contributed by atoms with Crippen LogP contribution >= 0.6 is 0 Å². The van der Waals surface area contributed by atoms with Crippen LogP contribution in [-0.2, 0) is 5.60 Å². The summed E-state index contributed by atoms with van der Waals surface area (Å²) in [7, 11) is 1.63. The molecule has 200 valence electrons. The van der Waals surface area contributed by atoms with E-state index in [1.807, 2.05) is 54.6 Å². The molecule has 0 saturated heterocycles. The molecule has 0 unspecified atom stereocenters. The van der Waals surface area contributed by atoms with Gasteiger partial charge in [-0.2, -0.15) is 0 Å². The quantitative estimate of drug-likeness (QED) is 0.199. The van der Waals surface area contributed by atoms with Crippen molar-refractivity contribution in [3.63, 3.8) is 0 Å². The van der Waals surface area contributed by atoms with Crippen LogP contribution in [0.1, 0.15) is 35.3 Å². The largest absolute Gasteiger partial charge is 0.497 e. The maximum atomic E-state index is 12.4. The smallest absolute Gasteiger partial charge is 0.250 e. The van der Waals surface area contributed by atoms with Gasteiger partial charge in [-0.3, -0.25) is 4.79 Å². The summed E-state index contributed by atoms with van der Waals surface area (Å²) in [6.45, 7) is 5.54. The Morgan fingerprint density at radius 3 is 2.58 bits per heavy atom. The number of rotatable bonds is 6. The van der Waals surface area contributed by atoms with Crippen LogP contribution in [0.2, 0.25) is 0 Å².